The second-order valence-corrected chi connectivity index (χ2v) is 3.66. The number of anilines is 2. The summed E-state index contributed by atoms with van der Waals surface area (Å²) in [4.78, 5) is 17.3. The lowest BCUT2D eigenvalue weighted by Gasteiger charge is -2.24. The van der Waals surface area contributed by atoms with E-state index in [4.69, 9.17) is 10.5 Å². The van der Waals surface area contributed by atoms with Crippen LogP contribution in [0, 0.1) is 0 Å². The van der Waals surface area contributed by atoms with Gasteiger partial charge in [0.2, 0.25) is 0 Å². The number of carbonyl (C=O) groups is 1. The van der Waals surface area contributed by atoms with Crippen molar-refractivity contribution in [3.05, 3.63) is 18.5 Å². The summed E-state index contributed by atoms with van der Waals surface area (Å²) < 4.78 is 4.94. The molecule has 1 aromatic rings. The molecule has 0 fully saturated rings. The summed E-state index contributed by atoms with van der Waals surface area (Å²) in [6.07, 6.45) is 4.18. The van der Waals surface area contributed by atoms with Gasteiger partial charge in [0.25, 0.3) is 0 Å². The number of hydrogen-bond donors (Lipinski definition) is 1. The molecule has 1 heterocycles. The first kappa shape index (κ1) is 13.3. The number of rotatable bonds is 6. The molecule has 0 atom stereocenters. The summed E-state index contributed by atoms with van der Waals surface area (Å²) >= 11 is 0. The van der Waals surface area contributed by atoms with Crippen LogP contribution in [0.5, 0.6) is 0 Å². The molecule has 5 nitrogen and oxygen atoms in total. The van der Waals surface area contributed by atoms with Gasteiger partial charge in [0, 0.05) is 12.7 Å². The minimum Gasteiger partial charge on any atom is -0.465 e. The lowest BCUT2D eigenvalue weighted by atomic mass is 10.3. The van der Waals surface area contributed by atoms with Gasteiger partial charge in [0.1, 0.15) is 6.54 Å². The van der Waals surface area contributed by atoms with Crippen molar-refractivity contribution in [3.8, 4) is 0 Å². The smallest absolute Gasteiger partial charge is 0.325 e. The predicted octanol–water partition coefficient (Wildman–Crippen LogP) is 1.44. The van der Waals surface area contributed by atoms with E-state index in [9.17, 15) is 4.79 Å². The highest BCUT2D eigenvalue weighted by Crippen LogP contribution is 2.21. The van der Waals surface area contributed by atoms with Crippen molar-refractivity contribution < 1.29 is 9.53 Å². The van der Waals surface area contributed by atoms with Crippen molar-refractivity contribution in [2.75, 3.05) is 30.3 Å². The van der Waals surface area contributed by atoms with Crippen molar-refractivity contribution in [1.82, 2.24) is 4.98 Å². The molecule has 0 aliphatic heterocycles. The lowest BCUT2D eigenvalue weighted by molar-refractivity contribution is -0.141. The quantitative estimate of drug-likeness (QED) is 0.758. The minimum atomic E-state index is -0.239. The van der Waals surface area contributed by atoms with Gasteiger partial charge in [-0.2, -0.15) is 0 Å². The van der Waals surface area contributed by atoms with Gasteiger partial charge in [0.15, 0.2) is 0 Å². The van der Waals surface area contributed by atoms with Crippen LogP contribution in [0.1, 0.15) is 20.3 Å². The van der Waals surface area contributed by atoms with E-state index in [0.717, 1.165) is 18.7 Å². The van der Waals surface area contributed by atoms with E-state index in [1.165, 1.54) is 0 Å². The average molecular weight is 237 g/mol. The first-order valence-corrected chi connectivity index (χ1v) is 5.79. The largest absolute Gasteiger partial charge is 0.465 e. The molecule has 2 N–H and O–H groups in total. The number of hydrogen-bond acceptors (Lipinski definition) is 5. The van der Waals surface area contributed by atoms with E-state index in [1.54, 1.807) is 19.3 Å². The highest BCUT2D eigenvalue weighted by Gasteiger charge is 2.13. The molecular formula is C12H19N3O2. The van der Waals surface area contributed by atoms with Crippen molar-refractivity contribution in [3.63, 3.8) is 0 Å². The van der Waals surface area contributed by atoms with E-state index < -0.39 is 0 Å². The zero-order valence-corrected chi connectivity index (χ0v) is 10.3. The van der Waals surface area contributed by atoms with Gasteiger partial charge in [-0.1, -0.05) is 6.92 Å². The minimum absolute atomic E-state index is 0.218. The molecule has 94 valence electrons. The second-order valence-electron chi connectivity index (χ2n) is 3.66. The Hall–Kier alpha value is -1.78. The fraction of sp³-hybridized carbons (Fsp3) is 0.500. The zero-order valence-electron chi connectivity index (χ0n) is 10.3. The van der Waals surface area contributed by atoms with Gasteiger partial charge in [-0.25, -0.2) is 0 Å². The molecule has 0 aliphatic carbocycles. The monoisotopic (exact) mass is 237 g/mol. The topological polar surface area (TPSA) is 68.5 Å². The van der Waals surface area contributed by atoms with Crippen LogP contribution in [-0.2, 0) is 9.53 Å². The highest BCUT2D eigenvalue weighted by atomic mass is 16.5. The molecule has 0 spiro atoms. The molecule has 0 amide bonds. The Morgan fingerprint density at radius 3 is 2.88 bits per heavy atom. The van der Waals surface area contributed by atoms with Gasteiger partial charge >= 0.3 is 5.97 Å². The Labute approximate surface area is 102 Å². The van der Waals surface area contributed by atoms with Crippen molar-refractivity contribution in [2.24, 2.45) is 0 Å². The summed E-state index contributed by atoms with van der Waals surface area (Å²) in [6, 6.07) is 1.81. The molecule has 1 rings (SSSR count). The van der Waals surface area contributed by atoms with E-state index in [-0.39, 0.29) is 12.5 Å². The molecule has 0 bridgehead atoms. The Bertz CT molecular complexity index is 369. The SMILES string of the molecule is CCCN(CC(=O)OCC)c1ccncc1N. The molecule has 0 saturated carbocycles. The summed E-state index contributed by atoms with van der Waals surface area (Å²) in [5.74, 6) is -0.239. The predicted molar refractivity (Wildman–Crippen MR) is 67.8 cm³/mol. The Morgan fingerprint density at radius 2 is 2.29 bits per heavy atom. The van der Waals surface area contributed by atoms with Crippen LogP contribution in [0.25, 0.3) is 0 Å². The third kappa shape index (κ3) is 3.94. The van der Waals surface area contributed by atoms with Crippen LogP contribution in [0.15, 0.2) is 18.5 Å². The van der Waals surface area contributed by atoms with E-state index in [0.29, 0.717) is 12.3 Å². The molecule has 0 unspecified atom stereocenters. The third-order valence-corrected chi connectivity index (χ3v) is 2.29. The van der Waals surface area contributed by atoms with E-state index in [1.807, 2.05) is 11.0 Å². The van der Waals surface area contributed by atoms with E-state index >= 15 is 0 Å². The summed E-state index contributed by atoms with van der Waals surface area (Å²) in [5, 5.41) is 0. The first-order chi connectivity index (χ1) is 8.19. The molecule has 1 aromatic heterocycles. The maximum atomic E-state index is 11.5. The molecular weight excluding hydrogens is 218 g/mol. The Kier molecular flexibility index (Phi) is 5.26. The number of nitrogens with two attached hydrogens (primary N) is 1. The van der Waals surface area contributed by atoms with Crippen LogP contribution in [0.2, 0.25) is 0 Å². The normalized spacial score (nSPS) is 10.0. The molecule has 5 heteroatoms. The second kappa shape index (κ2) is 6.73. The van der Waals surface area contributed by atoms with Crippen LogP contribution < -0.4 is 10.6 Å². The Morgan fingerprint density at radius 1 is 1.53 bits per heavy atom. The van der Waals surface area contributed by atoms with Gasteiger partial charge in [-0.15, -0.1) is 0 Å². The Balaban J connectivity index is 2.78. The summed E-state index contributed by atoms with van der Waals surface area (Å²) in [5.41, 5.74) is 7.25. The van der Waals surface area contributed by atoms with Crippen LogP contribution >= 0.6 is 0 Å². The third-order valence-electron chi connectivity index (χ3n) is 2.29. The van der Waals surface area contributed by atoms with Crippen molar-refractivity contribution >= 4 is 17.3 Å². The van der Waals surface area contributed by atoms with Crippen molar-refractivity contribution in [1.29, 1.82) is 0 Å². The number of nitrogen functional groups attached to an aromatic ring is 1. The fourth-order valence-corrected chi connectivity index (χ4v) is 1.60. The molecule has 0 saturated heterocycles. The van der Waals surface area contributed by atoms with Gasteiger partial charge < -0.3 is 15.4 Å². The summed E-state index contributed by atoms with van der Waals surface area (Å²) in [6.45, 7) is 5.21. The lowest BCUT2D eigenvalue weighted by Crippen LogP contribution is -2.32. The summed E-state index contributed by atoms with van der Waals surface area (Å²) in [7, 11) is 0. The molecule has 17 heavy (non-hydrogen) atoms. The number of nitrogens with zero attached hydrogens (tertiary/aromatic N) is 2. The van der Waals surface area contributed by atoms with Crippen molar-refractivity contribution in [2.45, 2.75) is 20.3 Å². The highest BCUT2D eigenvalue weighted by molar-refractivity contribution is 5.78. The molecule has 0 aromatic carbocycles. The zero-order chi connectivity index (χ0) is 12.7. The standard InChI is InChI=1S/C12H19N3O2/c1-3-7-15(9-12(16)17-4-2)11-5-6-14-8-10(11)13/h5-6,8H,3-4,7,9,13H2,1-2H3. The number of pyridine rings is 1. The van der Waals surface area contributed by atoms with Crippen LogP contribution in [0.3, 0.4) is 0 Å². The fourth-order valence-electron chi connectivity index (χ4n) is 1.60. The van der Waals surface area contributed by atoms with Gasteiger partial charge in [-0.05, 0) is 19.4 Å². The van der Waals surface area contributed by atoms with E-state index in [2.05, 4.69) is 11.9 Å². The van der Waals surface area contributed by atoms with Crippen LogP contribution in [-0.4, -0.2) is 30.6 Å². The van der Waals surface area contributed by atoms with Crippen LogP contribution in [0.4, 0.5) is 11.4 Å². The molecule has 0 aliphatic rings. The number of ether oxygens (including phenoxy) is 1. The number of esters is 1. The maximum Gasteiger partial charge on any atom is 0.325 e. The number of carbonyl (C=O) groups excluding carboxylic acids is 1. The molecule has 0 radical (unpaired) electrons. The average Bonchev–Trinajstić information content (AvgIpc) is 2.29. The number of aromatic nitrogens is 1. The van der Waals surface area contributed by atoms with Gasteiger partial charge in [0.05, 0.1) is 24.2 Å². The van der Waals surface area contributed by atoms with Gasteiger partial charge in [-0.3, -0.25) is 9.78 Å². The first-order valence-electron chi connectivity index (χ1n) is 5.79. The maximum absolute atomic E-state index is 11.5.